The number of hydrogen-bond acceptors (Lipinski definition) is 5. The Morgan fingerprint density at radius 1 is 1.39 bits per heavy atom. The lowest BCUT2D eigenvalue weighted by Gasteiger charge is -2.34. The fraction of sp³-hybridized carbons (Fsp3) is 0.833. The number of nitrogens with zero attached hydrogens (tertiary/aromatic N) is 1. The van der Waals surface area contributed by atoms with E-state index < -0.39 is 0 Å². The van der Waals surface area contributed by atoms with Gasteiger partial charge < -0.3 is 14.8 Å². The molecule has 0 aromatic heterocycles. The molecule has 0 saturated carbocycles. The second kappa shape index (κ2) is 8.05. The van der Waals surface area contributed by atoms with Gasteiger partial charge in [-0.2, -0.15) is 0 Å². The van der Waals surface area contributed by atoms with Crippen molar-refractivity contribution in [3.8, 4) is 0 Å². The number of rotatable bonds is 6. The molecule has 6 nitrogen and oxygen atoms in total. The van der Waals surface area contributed by atoms with Crippen LogP contribution in [0.3, 0.4) is 0 Å². The average molecular weight is 258 g/mol. The lowest BCUT2D eigenvalue weighted by atomic mass is 10.2. The van der Waals surface area contributed by atoms with Crippen LogP contribution in [0.4, 0.5) is 0 Å². The van der Waals surface area contributed by atoms with Gasteiger partial charge >= 0.3 is 5.97 Å². The Kier molecular flexibility index (Phi) is 6.67. The summed E-state index contributed by atoms with van der Waals surface area (Å²) in [5.41, 5.74) is 0. The van der Waals surface area contributed by atoms with Crippen LogP contribution >= 0.6 is 0 Å². The Hall–Kier alpha value is -1.14. The molecule has 0 aliphatic carbocycles. The molecule has 1 rings (SSSR count). The Morgan fingerprint density at radius 3 is 2.61 bits per heavy atom. The predicted molar refractivity (Wildman–Crippen MR) is 65.9 cm³/mol. The lowest BCUT2D eigenvalue weighted by Crippen LogP contribution is -2.52. The molecule has 0 aromatic carbocycles. The Bertz CT molecular complexity index is 277. The summed E-state index contributed by atoms with van der Waals surface area (Å²) >= 11 is 0. The maximum Gasteiger partial charge on any atom is 0.305 e. The fourth-order valence-corrected chi connectivity index (χ4v) is 1.96. The van der Waals surface area contributed by atoms with Crippen molar-refractivity contribution >= 4 is 11.9 Å². The van der Waals surface area contributed by atoms with Crippen LogP contribution in [0.2, 0.25) is 0 Å². The van der Waals surface area contributed by atoms with Gasteiger partial charge in [0.1, 0.15) is 0 Å². The quantitative estimate of drug-likeness (QED) is 0.686. The zero-order valence-corrected chi connectivity index (χ0v) is 11.1. The summed E-state index contributed by atoms with van der Waals surface area (Å²) in [6, 6.07) is 0. The van der Waals surface area contributed by atoms with Crippen LogP contribution in [0.1, 0.15) is 26.7 Å². The number of ether oxygens (including phenoxy) is 2. The number of nitrogens with one attached hydrogen (secondary N) is 1. The molecule has 0 radical (unpaired) electrons. The van der Waals surface area contributed by atoms with Crippen LogP contribution in [0.15, 0.2) is 0 Å². The monoisotopic (exact) mass is 258 g/mol. The Morgan fingerprint density at radius 2 is 2.06 bits per heavy atom. The first-order chi connectivity index (χ1) is 8.63. The van der Waals surface area contributed by atoms with Crippen LogP contribution in [-0.4, -0.2) is 55.9 Å². The van der Waals surface area contributed by atoms with Gasteiger partial charge in [0, 0.05) is 26.4 Å². The van der Waals surface area contributed by atoms with Crippen molar-refractivity contribution in [3.05, 3.63) is 0 Å². The van der Waals surface area contributed by atoms with Gasteiger partial charge in [-0.05, 0) is 13.3 Å². The van der Waals surface area contributed by atoms with Crippen molar-refractivity contribution in [1.29, 1.82) is 0 Å². The van der Waals surface area contributed by atoms with Gasteiger partial charge in [-0.25, -0.2) is 0 Å². The highest BCUT2D eigenvalue weighted by Crippen LogP contribution is 2.08. The van der Waals surface area contributed by atoms with Crippen LogP contribution in [0, 0.1) is 0 Å². The van der Waals surface area contributed by atoms with E-state index in [1.807, 2.05) is 0 Å². The summed E-state index contributed by atoms with van der Waals surface area (Å²) < 4.78 is 10.2. The molecule has 1 aliphatic rings. The van der Waals surface area contributed by atoms with Gasteiger partial charge in [-0.3, -0.25) is 14.5 Å². The first kappa shape index (κ1) is 14.9. The molecule has 1 saturated heterocycles. The molecule has 0 spiro atoms. The first-order valence-electron chi connectivity index (χ1n) is 6.38. The molecule has 1 atom stereocenters. The maximum atomic E-state index is 11.3. The maximum absolute atomic E-state index is 11.3. The normalized spacial score (nSPS) is 18.1. The molecule has 104 valence electrons. The van der Waals surface area contributed by atoms with Gasteiger partial charge in [0.25, 0.3) is 0 Å². The zero-order valence-electron chi connectivity index (χ0n) is 11.1. The number of carbonyl (C=O) groups is 2. The Labute approximate surface area is 108 Å². The number of morpholine rings is 1. The zero-order chi connectivity index (χ0) is 13.4. The third-order valence-corrected chi connectivity index (χ3v) is 2.78. The third kappa shape index (κ3) is 5.46. The van der Waals surface area contributed by atoms with Crippen LogP contribution < -0.4 is 5.32 Å². The van der Waals surface area contributed by atoms with Crippen LogP contribution in [-0.2, 0) is 19.1 Å². The fourth-order valence-electron chi connectivity index (χ4n) is 1.96. The molecule has 1 aliphatic heterocycles. The minimum atomic E-state index is -0.221. The van der Waals surface area contributed by atoms with E-state index in [1.165, 1.54) is 6.92 Å². The first-order valence-corrected chi connectivity index (χ1v) is 6.38. The molecule has 0 bridgehead atoms. The molecular formula is C12H22N2O4. The number of carbonyl (C=O) groups excluding carboxylic acids is 2. The van der Waals surface area contributed by atoms with E-state index in [1.54, 1.807) is 6.92 Å². The minimum absolute atomic E-state index is 0.0876. The van der Waals surface area contributed by atoms with E-state index >= 15 is 0 Å². The van der Waals surface area contributed by atoms with Crippen molar-refractivity contribution < 1.29 is 19.1 Å². The molecule has 1 heterocycles. The average Bonchev–Trinajstić information content (AvgIpc) is 2.35. The SMILES string of the molecule is CCOC(=O)CCC(NC(C)=O)N1CCOCC1. The lowest BCUT2D eigenvalue weighted by molar-refractivity contribution is -0.144. The smallest absolute Gasteiger partial charge is 0.305 e. The summed E-state index contributed by atoms with van der Waals surface area (Å²) in [7, 11) is 0. The predicted octanol–water partition coefficient (Wildman–Crippen LogP) is 0.124. The van der Waals surface area contributed by atoms with Gasteiger partial charge in [-0.15, -0.1) is 0 Å². The van der Waals surface area contributed by atoms with Gasteiger partial charge in [0.15, 0.2) is 0 Å². The third-order valence-electron chi connectivity index (χ3n) is 2.78. The molecule has 1 fully saturated rings. The van der Waals surface area contributed by atoms with Crippen molar-refractivity contribution in [1.82, 2.24) is 10.2 Å². The second-order valence-corrected chi connectivity index (χ2v) is 4.21. The van der Waals surface area contributed by atoms with Crippen LogP contribution in [0.5, 0.6) is 0 Å². The van der Waals surface area contributed by atoms with E-state index in [9.17, 15) is 9.59 Å². The molecule has 18 heavy (non-hydrogen) atoms. The number of hydrogen-bond donors (Lipinski definition) is 1. The summed E-state index contributed by atoms with van der Waals surface area (Å²) in [6.07, 6.45) is 0.768. The van der Waals surface area contributed by atoms with E-state index in [4.69, 9.17) is 9.47 Å². The van der Waals surface area contributed by atoms with Gasteiger partial charge in [0.2, 0.25) is 5.91 Å². The largest absolute Gasteiger partial charge is 0.466 e. The minimum Gasteiger partial charge on any atom is -0.466 e. The van der Waals surface area contributed by atoms with E-state index in [0.29, 0.717) is 32.7 Å². The summed E-state index contributed by atoms with van der Waals surface area (Å²) in [5, 5.41) is 2.87. The van der Waals surface area contributed by atoms with Crippen molar-refractivity contribution in [2.75, 3.05) is 32.9 Å². The van der Waals surface area contributed by atoms with Crippen LogP contribution in [0.25, 0.3) is 0 Å². The molecule has 1 amide bonds. The highest BCUT2D eigenvalue weighted by atomic mass is 16.5. The second-order valence-electron chi connectivity index (χ2n) is 4.21. The molecule has 1 N–H and O–H groups in total. The van der Waals surface area contributed by atoms with Crippen molar-refractivity contribution in [3.63, 3.8) is 0 Å². The highest BCUT2D eigenvalue weighted by molar-refractivity contribution is 5.73. The van der Waals surface area contributed by atoms with E-state index in [0.717, 1.165) is 13.1 Å². The molecule has 0 aromatic rings. The van der Waals surface area contributed by atoms with Crippen molar-refractivity contribution in [2.24, 2.45) is 0 Å². The molecule has 1 unspecified atom stereocenters. The topological polar surface area (TPSA) is 67.9 Å². The van der Waals surface area contributed by atoms with Gasteiger partial charge in [0.05, 0.1) is 26.0 Å². The van der Waals surface area contributed by atoms with E-state index in [-0.39, 0.29) is 18.0 Å². The van der Waals surface area contributed by atoms with E-state index in [2.05, 4.69) is 10.2 Å². The molecular weight excluding hydrogens is 236 g/mol. The van der Waals surface area contributed by atoms with Gasteiger partial charge in [-0.1, -0.05) is 0 Å². The standard InChI is InChI=1S/C12H22N2O4/c1-3-18-12(16)5-4-11(13-10(2)15)14-6-8-17-9-7-14/h11H,3-9H2,1-2H3,(H,13,15). The Balaban J connectivity index is 2.43. The summed E-state index contributed by atoms with van der Waals surface area (Å²) in [5.74, 6) is -0.309. The molecule has 6 heteroatoms. The highest BCUT2D eigenvalue weighted by Gasteiger charge is 2.22. The number of amides is 1. The van der Waals surface area contributed by atoms with Crippen molar-refractivity contribution in [2.45, 2.75) is 32.9 Å². The number of esters is 1. The summed E-state index contributed by atoms with van der Waals surface area (Å²) in [4.78, 5) is 24.6. The summed E-state index contributed by atoms with van der Waals surface area (Å²) in [6.45, 7) is 6.52.